The molecule has 8 heteroatoms. The molecular formula is C27H30N6O2. The number of hydrogen-bond donors (Lipinski definition) is 1. The van der Waals surface area contributed by atoms with Crippen molar-refractivity contribution >= 4 is 22.8 Å². The van der Waals surface area contributed by atoms with Gasteiger partial charge in [-0.2, -0.15) is 0 Å². The molecule has 1 atom stereocenters. The van der Waals surface area contributed by atoms with Gasteiger partial charge in [0.15, 0.2) is 5.65 Å². The lowest BCUT2D eigenvalue weighted by Gasteiger charge is -2.32. The summed E-state index contributed by atoms with van der Waals surface area (Å²) in [6.45, 7) is 5.60. The third kappa shape index (κ3) is 4.82. The first-order valence-corrected chi connectivity index (χ1v) is 12.0. The van der Waals surface area contributed by atoms with Gasteiger partial charge >= 0.3 is 0 Å². The van der Waals surface area contributed by atoms with Crippen molar-refractivity contribution in [2.75, 3.05) is 25.1 Å². The number of ether oxygens (including phenoxy) is 1. The molecule has 8 nitrogen and oxygen atoms in total. The highest BCUT2D eigenvalue weighted by molar-refractivity contribution is 5.87. The number of methoxy groups -OCH3 is 1. The summed E-state index contributed by atoms with van der Waals surface area (Å²) >= 11 is 0. The minimum atomic E-state index is -0.0551. The maximum Gasteiger partial charge on any atom is 0.223 e. The van der Waals surface area contributed by atoms with E-state index in [1.807, 2.05) is 54.2 Å². The van der Waals surface area contributed by atoms with Crippen LogP contribution in [0.1, 0.15) is 36.9 Å². The summed E-state index contributed by atoms with van der Waals surface area (Å²) in [5, 5.41) is 8.75. The minimum absolute atomic E-state index is 0.0143. The fourth-order valence-corrected chi connectivity index (χ4v) is 4.57. The molecular weight excluding hydrogens is 440 g/mol. The third-order valence-corrected chi connectivity index (χ3v) is 6.73. The van der Waals surface area contributed by atoms with Crippen molar-refractivity contribution in [2.45, 2.75) is 32.7 Å². The lowest BCUT2D eigenvalue weighted by Crippen LogP contribution is -2.41. The molecule has 0 radical (unpaired) electrons. The molecule has 1 aliphatic rings. The number of carbonyl (C=O) groups excluding carboxylic acids is 1. The predicted molar refractivity (Wildman–Crippen MR) is 136 cm³/mol. The minimum Gasteiger partial charge on any atom is -0.497 e. The van der Waals surface area contributed by atoms with E-state index in [4.69, 9.17) is 4.74 Å². The van der Waals surface area contributed by atoms with Crippen molar-refractivity contribution in [1.29, 1.82) is 0 Å². The number of benzene rings is 2. The fourth-order valence-electron chi connectivity index (χ4n) is 4.57. The Morgan fingerprint density at radius 3 is 2.46 bits per heavy atom. The van der Waals surface area contributed by atoms with Crippen molar-refractivity contribution < 1.29 is 9.53 Å². The van der Waals surface area contributed by atoms with Crippen LogP contribution in [0.15, 0.2) is 61.1 Å². The first-order chi connectivity index (χ1) is 17.0. The largest absolute Gasteiger partial charge is 0.497 e. The lowest BCUT2D eigenvalue weighted by atomic mass is 9.95. The predicted octanol–water partition coefficient (Wildman–Crippen LogP) is 4.23. The Morgan fingerprint density at radius 2 is 1.77 bits per heavy atom. The van der Waals surface area contributed by atoms with Gasteiger partial charge in [-0.1, -0.05) is 29.8 Å². The summed E-state index contributed by atoms with van der Waals surface area (Å²) in [7, 11) is 1.65. The van der Waals surface area contributed by atoms with Crippen molar-refractivity contribution in [3.63, 3.8) is 0 Å². The highest BCUT2D eigenvalue weighted by Crippen LogP contribution is 2.28. The molecule has 4 aromatic rings. The highest BCUT2D eigenvalue weighted by Gasteiger charge is 2.28. The Kier molecular flexibility index (Phi) is 6.35. The monoisotopic (exact) mass is 470 g/mol. The van der Waals surface area contributed by atoms with Crippen LogP contribution in [0.4, 0.5) is 5.82 Å². The molecule has 2 aromatic heterocycles. The number of piperidine rings is 1. The van der Waals surface area contributed by atoms with Gasteiger partial charge in [0, 0.05) is 25.2 Å². The second-order valence-corrected chi connectivity index (χ2v) is 9.11. The number of anilines is 1. The van der Waals surface area contributed by atoms with Gasteiger partial charge in [-0.05, 0) is 56.5 Å². The van der Waals surface area contributed by atoms with Crippen LogP contribution in [0.3, 0.4) is 0 Å². The van der Waals surface area contributed by atoms with Gasteiger partial charge in [-0.15, -0.1) is 5.10 Å². The molecule has 0 unspecified atom stereocenters. The van der Waals surface area contributed by atoms with Gasteiger partial charge < -0.3 is 15.0 Å². The first-order valence-electron chi connectivity index (χ1n) is 12.0. The summed E-state index contributed by atoms with van der Waals surface area (Å²) in [5.74, 6) is 1.77. The summed E-state index contributed by atoms with van der Waals surface area (Å²) < 4.78 is 7.07. The van der Waals surface area contributed by atoms with Crippen molar-refractivity contribution in [3.05, 3.63) is 72.2 Å². The number of aryl methyl sites for hydroxylation is 1. The molecule has 180 valence electrons. The van der Waals surface area contributed by atoms with E-state index in [0.29, 0.717) is 5.65 Å². The van der Waals surface area contributed by atoms with E-state index in [-0.39, 0.29) is 17.9 Å². The molecule has 0 spiro atoms. The molecule has 5 rings (SSSR count). The van der Waals surface area contributed by atoms with Crippen LogP contribution in [0.2, 0.25) is 0 Å². The number of rotatable bonds is 6. The van der Waals surface area contributed by atoms with E-state index in [2.05, 4.69) is 44.3 Å². The average molecular weight is 471 g/mol. The number of amides is 1. The summed E-state index contributed by atoms with van der Waals surface area (Å²) in [4.78, 5) is 24.1. The molecule has 0 saturated carbocycles. The van der Waals surface area contributed by atoms with Crippen molar-refractivity contribution in [3.8, 4) is 11.4 Å². The Hall–Kier alpha value is -3.94. The summed E-state index contributed by atoms with van der Waals surface area (Å²) in [6, 6.07) is 16.0. The van der Waals surface area contributed by atoms with Crippen LogP contribution < -0.4 is 15.0 Å². The maximum atomic E-state index is 13.0. The second kappa shape index (κ2) is 9.74. The van der Waals surface area contributed by atoms with Crippen LogP contribution in [-0.4, -0.2) is 45.9 Å². The van der Waals surface area contributed by atoms with E-state index in [0.717, 1.165) is 54.1 Å². The lowest BCUT2D eigenvalue weighted by molar-refractivity contribution is -0.126. The quantitative estimate of drug-likeness (QED) is 0.454. The Bertz CT molecular complexity index is 1310. The number of nitrogens with zero attached hydrogens (tertiary/aromatic N) is 5. The van der Waals surface area contributed by atoms with E-state index < -0.39 is 0 Å². The number of aromatic nitrogens is 4. The number of fused-ring (bicyclic) bond motifs is 1. The maximum absolute atomic E-state index is 13.0. The molecule has 1 amide bonds. The zero-order chi connectivity index (χ0) is 24.4. The molecule has 0 aliphatic carbocycles. The molecule has 3 heterocycles. The van der Waals surface area contributed by atoms with Crippen LogP contribution in [0, 0.1) is 12.8 Å². The fraction of sp³-hybridized carbons (Fsp3) is 0.333. The van der Waals surface area contributed by atoms with E-state index >= 15 is 0 Å². The molecule has 1 fully saturated rings. The molecule has 1 N–H and O–H groups in total. The second-order valence-electron chi connectivity index (χ2n) is 9.11. The van der Waals surface area contributed by atoms with Gasteiger partial charge in [-0.3, -0.25) is 4.79 Å². The third-order valence-electron chi connectivity index (χ3n) is 6.73. The summed E-state index contributed by atoms with van der Waals surface area (Å²) in [6.07, 6.45) is 5.11. The Morgan fingerprint density at radius 1 is 1.06 bits per heavy atom. The molecule has 2 aromatic carbocycles. The number of nitrogens with one attached hydrogen (secondary N) is 1. The molecule has 0 bridgehead atoms. The average Bonchev–Trinajstić information content (AvgIpc) is 3.34. The molecule has 1 saturated heterocycles. The normalized spacial score (nSPS) is 15.2. The van der Waals surface area contributed by atoms with Gasteiger partial charge in [0.05, 0.1) is 24.2 Å². The number of carbonyl (C=O) groups is 1. The standard InChI is InChI=1S/C27H30N6O2/c1-18-4-8-22(9-5-18)33-16-24-25(31-33)28-17-29-26(24)32-14-12-21(13-15-32)27(34)30-19(2)20-6-10-23(35-3)11-7-20/h4-11,16-17,19,21H,12-15H2,1-3H3,(H,30,34)/t19-/m0/s1. The Labute approximate surface area is 205 Å². The van der Waals surface area contributed by atoms with Gasteiger partial charge in [0.2, 0.25) is 5.91 Å². The van der Waals surface area contributed by atoms with E-state index in [9.17, 15) is 4.79 Å². The van der Waals surface area contributed by atoms with Crippen molar-refractivity contribution in [1.82, 2.24) is 25.1 Å². The van der Waals surface area contributed by atoms with E-state index in [1.165, 1.54) is 5.56 Å². The first kappa shape index (κ1) is 22.8. The van der Waals surface area contributed by atoms with Crippen LogP contribution >= 0.6 is 0 Å². The smallest absolute Gasteiger partial charge is 0.223 e. The van der Waals surface area contributed by atoms with Crippen molar-refractivity contribution in [2.24, 2.45) is 5.92 Å². The summed E-state index contributed by atoms with van der Waals surface area (Å²) in [5.41, 5.74) is 3.92. The molecule has 1 aliphatic heterocycles. The zero-order valence-corrected chi connectivity index (χ0v) is 20.3. The number of hydrogen-bond acceptors (Lipinski definition) is 6. The highest BCUT2D eigenvalue weighted by atomic mass is 16.5. The van der Waals surface area contributed by atoms with Gasteiger partial charge in [0.1, 0.15) is 17.9 Å². The van der Waals surface area contributed by atoms with Crippen LogP contribution in [-0.2, 0) is 4.79 Å². The SMILES string of the molecule is COc1ccc([C@H](C)NC(=O)C2CCN(c3ncnc4nn(-c5ccc(C)cc5)cc34)CC2)cc1. The van der Waals surface area contributed by atoms with Gasteiger partial charge in [-0.25, -0.2) is 14.6 Å². The van der Waals surface area contributed by atoms with Crippen LogP contribution in [0.25, 0.3) is 16.7 Å². The van der Waals surface area contributed by atoms with Crippen LogP contribution in [0.5, 0.6) is 5.75 Å². The zero-order valence-electron chi connectivity index (χ0n) is 20.3. The van der Waals surface area contributed by atoms with E-state index in [1.54, 1.807) is 13.4 Å². The van der Waals surface area contributed by atoms with Gasteiger partial charge in [0.25, 0.3) is 0 Å². The Balaban J connectivity index is 1.24. The topological polar surface area (TPSA) is 85.2 Å². The molecule has 35 heavy (non-hydrogen) atoms.